The minimum atomic E-state index is -4.25. The van der Waals surface area contributed by atoms with E-state index >= 15 is 0 Å². The zero-order chi connectivity index (χ0) is 39.0. The molecule has 0 bridgehead atoms. The zero-order valence-corrected chi connectivity index (χ0v) is 33.3. The van der Waals surface area contributed by atoms with Crippen LogP contribution in [0.15, 0.2) is 63.9 Å². The van der Waals surface area contributed by atoms with E-state index < -0.39 is 12.7 Å². The molecular formula is C40H63F3N6O4. The number of halogens is 3. The molecule has 1 N–H and O–H groups in total. The monoisotopic (exact) mass is 748 g/mol. The van der Waals surface area contributed by atoms with Gasteiger partial charge < -0.3 is 39.0 Å². The number of rotatable bonds is 22. The van der Waals surface area contributed by atoms with E-state index in [1.807, 2.05) is 65.3 Å². The summed E-state index contributed by atoms with van der Waals surface area (Å²) in [7, 11) is 9.20. The Morgan fingerprint density at radius 1 is 1.02 bits per heavy atom. The minimum Gasteiger partial charge on any atom is -0.497 e. The number of methoxy groups -OCH3 is 2. The second-order valence-corrected chi connectivity index (χ2v) is 14.7. The third-order valence-corrected chi connectivity index (χ3v) is 8.70. The molecular weight excluding hydrogens is 685 g/mol. The number of alkyl halides is 3. The first-order chi connectivity index (χ1) is 25.1. The fourth-order valence-corrected chi connectivity index (χ4v) is 5.84. The van der Waals surface area contributed by atoms with Crippen molar-refractivity contribution in [2.75, 3.05) is 66.4 Å². The van der Waals surface area contributed by atoms with Crippen LogP contribution < -0.4 is 19.7 Å². The number of aliphatic imine (C=N–C) groups is 2. The molecule has 0 saturated carbocycles. The van der Waals surface area contributed by atoms with E-state index in [0.717, 1.165) is 54.9 Å². The van der Waals surface area contributed by atoms with Crippen molar-refractivity contribution in [3.05, 3.63) is 53.9 Å². The molecule has 0 spiro atoms. The van der Waals surface area contributed by atoms with Crippen LogP contribution in [0.1, 0.15) is 79.1 Å². The highest BCUT2D eigenvalue weighted by molar-refractivity contribution is 5.89. The molecule has 2 aliphatic rings. The number of likely N-dealkylation sites (N-methyl/N-ethyl adjacent to an activating group) is 1. The Balaban J connectivity index is 1.73. The molecule has 1 aliphatic carbocycles. The molecule has 3 atom stereocenters. The highest BCUT2D eigenvalue weighted by atomic mass is 19.4. The molecule has 1 aliphatic heterocycles. The van der Waals surface area contributed by atoms with E-state index in [0.29, 0.717) is 43.9 Å². The topological polar surface area (TPSA) is 86.7 Å². The van der Waals surface area contributed by atoms with Crippen molar-refractivity contribution < 1.29 is 32.1 Å². The van der Waals surface area contributed by atoms with Gasteiger partial charge in [0.25, 0.3) is 0 Å². The number of epoxide rings is 1. The van der Waals surface area contributed by atoms with Gasteiger partial charge in [0.2, 0.25) is 6.29 Å². The van der Waals surface area contributed by atoms with Gasteiger partial charge in [-0.15, -0.1) is 0 Å². The van der Waals surface area contributed by atoms with E-state index in [1.54, 1.807) is 20.3 Å². The first-order valence-corrected chi connectivity index (χ1v) is 18.7. The van der Waals surface area contributed by atoms with Crippen molar-refractivity contribution in [2.45, 2.75) is 109 Å². The summed E-state index contributed by atoms with van der Waals surface area (Å²) in [5.41, 5.74) is 3.67. The average Bonchev–Trinajstić information content (AvgIpc) is 3.89. The molecule has 298 valence electrons. The van der Waals surface area contributed by atoms with Crippen LogP contribution in [-0.2, 0) is 9.47 Å². The van der Waals surface area contributed by atoms with Crippen LogP contribution in [0.4, 0.5) is 18.9 Å². The second kappa shape index (κ2) is 21.4. The average molecular weight is 749 g/mol. The molecule has 1 aromatic rings. The number of benzene rings is 1. The summed E-state index contributed by atoms with van der Waals surface area (Å²) < 4.78 is 61.1. The summed E-state index contributed by atoms with van der Waals surface area (Å²) in [6.07, 6.45) is 12.6. The van der Waals surface area contributed by atoms with Crippen molar-refractivity contribution in [1.82, 2.24) is 15.1 Å². The van der Waals surface area contributed by atoms with Gasteiger partial charge >= 0.3 is 6.18 Å². The lowest BCUT2D eigenvalue weighted by Crippen LogP contribution is -2.32. The molecule has 1 saturated heterocycles. The fourth-order valence-electron chi connectivity index (χ4n) is 5.84. The van der Waals surface area contributed by atoms with Crippen molar-refractivity contribution in [2.24, 2.45) is 9.98 Å². The normalized spacial score (nSPS) is 19.3. The van der Waals surface area contributed by atoms with Gasteiger partial charge in [-0.1, -0.05) is 25.2 Å². The Morgan fingerprint density at radius 3 is 2.36 bits per heavy atom. The Hall–Kier alpha value is -3.55. The van der Waals surface area contributed by atoms with Gasteiger partial charge in [0.05, 0.1) is 38.7 Å². The van der Waals surface area contributed by atoms with Crippen molar-refractivity contribution >= 4 is 17.7 Å². The van der Waals surface area contributed by atoms with Gasteiger partial charge in [-0.3, -0.25) is 9.98 Å². The maximum Gasteiger partial charge on any atom is 0.401 e. The molecule has 0 radical (unpaired) electrons. The lowest BCUT2D eigenvalue weighted by atomic mass is 10.1. The van der Waals surface area contributed by atoms with Gasteiger partial charge in [-0.05, 0) is 71.9 Å². The number of hydrogen-bond acceptors (Lipinski definition) is 9. The molecule has 1 heterocycles. The predicted octanol–water partition coefficient (Wildman–Crippen LogP) is 7.97. The van der Waals surface area contributed by atoms with Crippen LogP contribution in [0.25, 0.3) is 0 Å². The smallest absolute Gasteiger partial charge is 0.401 e. The summed E-state index contributed by atoms with van der Waals surface area (Å²) >= 11 is 0. The fraction of sp³-hybridized carbons (Fsp3) is 0.650. The molecule has 1 aromatic carbocycles. The predicted molar refractivity (Wildman–Crippen MR) is 209 cm³/mol. The van der Waals surface area contributed by atoms with Gasteiger partial charge in [0.15, 0.2) is 6.23 Å². The van der Waals surface area contributed by atoms with Crippen LogP contribution >= 0.6 is 0 Å². The second-order valence-electron chi connectivity index (χ2n) is 14.7. The van der Waals surface area contributed by atoms with Crippen LogP contribution in [0.2, 0.25) is 0 Å². The largest absolute Gasteiger partial charge is 0.497 e. The summed E-state index contributed by atoms with van der Waals surface area (Å²) in [4.78, 5) is 16.2. The number of nitrogens with one attached hydrogen (secondary N) is 1. The summed E-state index contributed by atoms with van der Waals surface area (Å²) in [5, 5.41) is 2.52. The number of nitrogens with zero attached hydrogens (tertiary/aromatic N) is 5. The van der Waals surface area contributed by atoms with Crippen molar-refractivity contribution in [3.8, 4) is 11.5 Å². The summed E-state index contributed by atoms with van der Waals surface area (Å²) in [6.45, 7) is 8.59. The van der Waals surface area contributed by atoms with Crippen LogP contribution in [-0.4, -0.2) is 114 Å². The Labute approximate surface area is 315 Å². The SMILES string of the molecule is CCC=CCCC(CCCN=C1CC=C(N(CCCNCC(F)(F)F)c2cc(OC)cc(OC)c2)C=C(N(C)C)C1)N=CN(C)C1OC1OC(C)(C)C. The third kappa shape index (κ3) is 16.6. The standard InChI is InChI=1S/C40H63F3N6O4/c1-10-11-12-13-16-30(46-29-48(7)37-38(52-37)53-39(2,3)4)17-14-21-45-31-18-19-32(24-33(23-31)47(5)6)49(22-15-20-44-28-40(41,42)43)34-25-35(50-8)27-36(26-34)51-9/h11-12,19,24-27,29-30,37-38,44H,10,13-18,20-23,28H2,1-9H3. The van der Waals surface area contributed by atoms with E-state index in [1.165, 1.54) is 0 Å². The molecule has 13 heteroatoms. The number of allylic oxidation sites excluding steroid dienone is 5. The lowest BCUT2D eigenvalue weighted by molar-refractivity contribution is -0.124. The maximum absolute atomic E-state index is 12.8. The summed E-state index contributed by atoms with van der Waals surface area (Å²) in [6, 6.07) is 5.80. The minimum absolute atomic E-state index is 0.120. The first-order valence-electron chi connectivity index (χ1n) is 18.7. The molecule has 3 rings (SSSR count). The third-order valence-electron chi connectivity index (χ3n) is 8.70. The lowest BCUT2D eigenvalue weighted by Gasteiger charge is -2.28. The number of ether oxygens (including phenoxy) is 4. The Bertz CT molecular complexity index is 1400. The molecule has 3 unspecified atom stereocenters. The van der Waals surface area contributed by atoms with Crippen LogP contribution in [0, 0.1) is 0 Å². The van der Waals surface area contributed by atoms with E-state index in [9.17, 15) is 13.2 Å². The molecule has 1 fully saturated rings. The van der Waals surface area contributed by atoms with Crippen molar-refractivity contribution in [3.63, 3.8) is 0 Å². The zero-order valence-electron chi connectivity index (χ0n) is 33.3. The van der Waals surface area contributed by atoms with Gasteiger partial charge in [-0.25, -0.2) is 0 Å². The Morgan fingerprint density at radius 2 is 1.74 bits per heavy atom. The first kappa shape index (κ1) is 43.9. The van der Waals surface area contributed by atoms with E-state index in [-0.39, 0.29) is 30.7 Å². The molecule has 0 amide bonds. The molecule has 10 nitrogen and oxygen atoms in total. The van der Waals surface area contributed by atoms with Crippen LogP contribution in [0.3, 0.4) is 0 Å². The number of anilines is 1. The van der Waals surface area contributed by atoms with Gasteiger partial charge in [-0.2, -0.15) is 13.2 Å². The quantitative estimate of drug-likeness (QED) is 0.0421. The molecule has 53 heavy (non-hydrogen) atoms. The van der Waals surface area contributed by atoms with Crippen LogP contribution in [0.5, 0.6) is 11.5 Å². The van der Waals surface area contributed by atoms with E-state index in [4.69, 9.17) is 28.9 Å². The van der Waals surface area contributed by atoms with E-state index in [2.05, 4.69) is 46.3 Å². The maximum atomic E-state index is 12.8. The summed E-state index contributed by atoms with van der Waals surface area (Å²) in [5.74, 6) is 1.26. The highest BCUT2D eigenvalue weighted by Crippen LogP contribution is 2.33. The molecule has 0 aromatic heterocycles. The highest BCUT2D eigenvalue weighted by Gasteiger charge is 2.45. The van der Waals surface area contributed by atoms with Gasteiger partial charge in [0.1, 0.15) is 11.5 Å². The Kier molecular flexibility index (Phi) is 17.7. The van der Waals surface area contributed by atoms with Gasteiger partial charge in [0, 0.05) is 88.1 Å². The number of hydrogen-bond donors (Lipinski definition) is 1. The van der Waals surface area contributed by atoms with Crippen molar-refractivity contribution in [1.29, 1.82) is 0 Å².